The van der Waals surface area contributed by atoms with E-state index in [-0.39, 0.29) is 29.9 Å². The first kappa shape index (κ1) is 21.3. The molecular formula is C30H30N2O2. The normalized spacial score (nSPS) is 26.4. The lowest BCUT2D eigenvalue weighted by molar-refractivity contribution is 0.0195. The molecule has 34 heavy (non-hydrogen) atoms. The lowest BCUT2D eigenvalue weighted by atomic mass is 9.86. The highest BCUT2D eigenvalue weighted by atomic mass is 16.2. The first-order chi connectivity index (χ1) is 16.6. The maximum absolute atomic E-state index is 13.5. The molecule has 3 aromatic rings. The topological polar surface area (TPSA) is 40.6 Å². The van der Waals surface area contributed by atoms with E-state index in [0.29, 0.717) is 23.0 Å². The molecule has 0 bridgehead atoms. The summed E-state index contributed by atoms with van der Waals surface area (Å²) in [6.45, 7) is 3.05. The van der Waals surface area contributed by atoms with Crippen LogP contribution in [-0.4, -0.2) is 33.7 Å². The van der Waals surface area contributed by atoms with Gasteiger partial charge < -0.3 is 0 Å². The maximum atomic E-state index is 13.5. The molecule has 172 valence electrons. The number of nitrogens with zero attached hydrogens (tertiary/aromatic N) is 2. The van der Waals surface area contributed by atoms with Crippen molar-refractivity contribution in [3.05, 3.63) is 107 Å². The molecule has 0 saturated heterocycles. The fourth-order valence-electron chi connectivity index (χ4n) is 6.22. The van der Waals surface area contributed by atoms with Crippen molar-refractivity contribution in [2.75, 3.05) is 0 Å². The third-order valence-corrected chi connectivity index (χ3v) is 8.17. The number of hydrogen-bond donors (Lipinski definition) is 0. The average molecular weight is 451 g/mol. The Labute approximate surface area is 201 Å². The van der Waals surface area contributed by atoms with E-state index in [2.05, 4.69) is 66.4 Å². The van der Waals surface area contributed by atoms with Gasteiger partial charge in [-0.05, 0) is 61.3 Å². The van der Waals surface area contributed by atoms with Crippen molar-refractivity contribution in [2.45, 2.75) is 50.9 Å². The Kier molecular flexibility index (Phi) is 5.34. The number of rotatable bonds is 6. The zero-order valence-electron chi connectivity index (χ0n) is 19.5. The number of carbonyl (C=O) groups excluding carboxylic acids is 2. The van der Waals surface area contributed by atoms with Crippen LogP contribution in [0.2, 0.25) is 0 Å². The van der Waals surface area contributed by atoms with Gasteiger partial charge in [-0.2, -0.15) is 0 Å². The predicted octanol–water partition coefficient (Wildman–Crippen LogP) is 5.71. The highest BCUT2D eigenvalue weighted by Crippen LogP contribution is 2.53. The van der Waals surface area contributed by atoms with E-state index >= 15 is 0 Å². The second-order valence-electron chi connectivity index (χ2n) is 10.1. The molecule has 4 heteroatoms. The molecule has 2 saturated carbocycles. The number of imide groups is 1. The van der Waals surface area contributed by atoms with Crippen molar-refractivity contribution >= 4 is 11.8 Å². The number of carbonyl (C=O) groups is 2. The van der Waals surface area contributed by atoms with E-state index in [1.165, 1.54) is 17.5 Å². The van der Waals surface area contributed by atoms with E-state index in [1.807, 2.05) is 18.2 Å². The van der Waals surface area contributed by atoms with Gasteiger partial charge in [0.1, 0.15) is 0 Å². The van der Waals surface area contributed by atoms with E-state index in [0.717, 1.165) is 19.4 Å². The lowest BCUT2D eigenvalue weighted by Crippen LogP contribution is -2.55. The SMILES string of the molecule is C[C@H](c1ccccc1)N(Cc1ccccc1)[C@H]1CC2CC2C[C@H]1N1C(=O)c2ccccc2C1=O. The van der Waals surface area contributed by atoms with Gasteiger partial charge in [-0.3, -0.25) is 19.4 Å². The zero-order chi connectivity index (χ0) is 23.2. The first-order valence-electron chi connectivity index (χ1n) is 12.4. The Balaban J connectivity index is 1.39. The van der Waals surface area contributed by atoms with Crippen LogP contribution in [0.25, 0.3) is 0 Å². The van der Waals surface area contributed by atoms with Gasteiger partial charge in [0.05, 0.1) is 17.2 Å². The molecule has 0 radical (unpaired) electrons. The molecule has 2 aliphatic carbocycles. The van der Waals surface area contributed by atoms with Gasteiger partial charge in [-0.1, -0.05) is 72.8 Å². The van der Waals surface area contributed by atoms with Gasteiger partial charge in [0.2, 0.25) is 0 Å². The number of amides is 2. The summed E-state index contributed by atoms with van der Waals surface area (Å²) in [6, 6.07) is 28.6. The van der Waals surface area contributed by atoms with E-state index in [9.17, 15) is 9.59 Å². The minimum Gasteiger partial charge on any atom is -0.287 e. The monoisotopic (exact) mass is 450 g/mol. The van der Waals surface area contributed by atoms with Gasteiger partial charge in [0, 0.05) is 18.6 Å². The second kappa shape index (κ2) is 8.52. The second-order valence-corrected chi connectivity index (χ2v) is 10.1. The van der Waals surface area contributed by atoms with Crippen molar-refractivity contribution in [1.82, 2.24) is 9.80 Å². The minimum absolute atomic E-state index is 0.106. The molecule has 6 rings (SSSR count). The summed E-state index contributed by atoms with van der Waals surface area (Å²) < 4.78 is 0. The number of benzene rings is 3. The molecule has 0 N–H and O–H groups in total. The fourth-order valence-corrected chi connectivity index (χ4v) is 6.22. The largest absolute Gasteiger partial charge is 0.287 e. The first-order valence-corrected chi connectivity index (χ1v) is 12.4. The van der Waals surface area contributed by atoms with Crippen molar-refractivity contribution in [3.63, 3.8) is 0 Å². The van der Waals surface area contributed by atoms with Crippen LogP contribution in [0.15, 0.2) is 84.9 Å². The van der Waals surface area contributed by atoms with E-state index in [1.54, 1.807) is 17.0 Å². The van der Waals surface area contributed by atoms with Crippen LogP contribution in [0, 0.1) is 11.8 Å². The molecule has 5 atom stereocenters. The van der Waals surface area contributed by atoms with Crippen LogP contribution in [0.5, 0.6) is 0 Å². The van der Waals surface area contributed by atoms with Crippen LogP contribution in [-0.2, 0) is 6.54 Å². The summed E-state index contributed by atoms with van der Waals surface area (Å²) in [7, 11) is 0. The molecule has 3 aromatic carbocycles. The molecule has 1 aliphatic heterocycles. The minimum atomic E-state index is -0.123. The van der Waals surface area contributed by atoms with Crippen LogP contribution in [0.4, 0.5) is 0 Å². The van der Waals surface area contributed by atoms with Crippen LogP contribution in [0.3, 0.4) is 0 Å². The lowest BCUT2D eigenvalue weighted by Gasteiger charge is -2.45. The van der Waals surface area contributed by atoms with Crippen molar-refractivity contribution < 1.29 is 9.59 Å². The standard InChI is InChI=1S/C30H30N2O2/c1-20(22-12-6-3-7-13-22)31(19-21-10-4-2-5-11-21)27-17-23-16-24(23)18-28(27)32-29(33)25-14-8-9-15-26(25)30(32)34/h2-15,20,23-24,27-28H,16-19H2,1H3/t20-,23?,24?,27+,28-/m1/s1. The van der Waals surface area contributed by atoms with Crippen molar-refractivity contribution in [3.8, 4) is 0 Å². The smallest absolute Gasteiger partial charge is 0.261 e. The average Bonchev–Trinajstić information content (AvgIpc) is 3.61. The van der Waals surface area contributed by atoms with Gasteiger partial charge >= 0.3 is 0 Å². The molecule has 1 heterocycles. The van der Waals surface area contributed by atoms with Crippen molar-refractivity contribution in [2.24, 2.45) is 11.8 Å². The molecule has 0 spiro atoms. The van der Waals surface area contributed by atoms with E-state index in [4.69, 9.17) is 0 Å². The molecular weight excluding hydrogens is 420 g/mol. The third kappa shape index (κ3) is 3.67. The molecule has 4 nitrogen and oxygen atoms in total. The van der Waals surface area contributed by atoms with Gasteiger partial charge in [-0.25, -0.2) is 0 Å². The Morgan fingerprint density at radius 2 is 1.32 bits per heavy atom. The molecule has 2 unspecified atom stereocenters. The number of hydrogen-bond acceptors (Lipinski definition) is 3. The Morgan fingerprint density at radius 1 is 0.765 bits per heavy atom. The molecule has 0 aromatic heterocycles. The van der Waals surface area contributed by atoms with Gasteiger partial charge in [0.15, 0.2) is 0 Å². The summed E-state index contributed by atoms with van der Waals surface area (Å²) >= 11 is 0. The fraction of sp³-hybridized carbons (Fsp3) is 0.333. The Hall–Kier alpha value is -3.24. The summed E-state index contributed by atoms with van der Waals surface area (Å²) in [4.78, 5) is 31.1. The molecule has 3 aliphatic rings. The maximum Gasteiger partial charge on any atom is 0.261 e. The summed E-state index contributed by atoms with van der Waals surface area (Å²) in [5.74, 6) is 1.09. The Morgan fingerprint density at radius 3 is 1.97 bits per heavy atom. The number of fused-ring (bicyclic) bond motifs is 2. The van der Waals surface area contributed by atoms with Gasteiger partial charge in [0.25, 0.3) is 11.8 Å². The predicted molar refractivity (Wildman–Crippen MR) is 132 cm³/mol. The zero-order valence-corrected chi connectivity index (χ0v) is 19.5. The highest BCUT2D eigenvalue weighted by Gasteiger charge is 2.54. The molecule has 2 fully saturated rings. The van der Waals surface area contributed by atoms with Crippen LogP contribution >= 0.6 is 0 Å². The quantitative estimate of drug-likeness (QED) is 0.452. The van der Waals surface area contributed by atoms with Crippen LogP contribution in [0.1, 0.15) is 64.1 Å². The van der Waals surface area contributed by atoms with E-state index < -0.39 is 0 Å². The highest BCUT2D eigenvalue weighted by molar-refractivity contribution is 6.21. The Bertz CT molecular complexity index is 1170. The third-order valence-electron chi connectivity index (χ3n) is 8.17. The van der Waals surface area contributed by atoms with Crippen molar-refractivity contribution in [1.29, 1.82) is 0 Å². The van der Waals surface area contributed by atoms with Crippen LogP contribution < -0.4 is 0 Å². The summed E-state index contributed by atoms with van der Waals surface area (Å²) in [5, 5.41) is 0. The van der Waals surface area contributed by atoms with Gasteiger partial charge in [-0.15, -0.1) is 0 Å². The summed E-state index contributed by atoms with van der Waals surface area (Å²) in [6.07, 6.45) is 3.16. The summed E-state index contributed by atoms with van der Waals surface area (Å²) in [5.41, 5.74) is 3.62. The molecule has 2 amide bonds.